The number of hydrogen-bond acceptors (Lipinski definition) is 7. The molecule has 0 saturated carbocycles. The molecule has 3 aliphatic rings. The van der Waals surface area contributed by atoms with Crippen LogP contribution in [-0.2, 0) is 14.3 Å². The number of ether oxygens (including phenoxy) is 1. The Morgan fingerprint density at radius 2 is 1.94 bits per heavy atom. The quantitative estimate of drug-likeness (QED) is 0.500. The van der Waals surface area contributed by atoms with Gasteiger partial charge in [-0.25, -0.2) is 19.1 Å². The van der Waals surface area contributed by atoms with E-state index in [9.17, 15) is 19.2 Å². The molecule has 0 spiro atoms. The van der Waals surface area contributed by atoms with Crippen LogP contribution in [0.15, 0.2) is 29.3 Å². The highest BCUT2D eigenvalue weighted by Gasteiger charge is 2.55. The molecule has 2 atom stereocenters. The lowest BCUT2D eigenvalue weighted by molar-refractivity contribution is -0.545. The average molecular weight is 441 g/mol. The highest BCUT2D eigenvalue weighted by atomic mass is 16.5. The summed E-state index contributed by atoms with van der Waals surface area (Å²) in [5.74, 6) is -0.643. The monoisotopic (exact) mass is 441 g/mol. The van der Waals surface area contributed by atoms with Crippen molar-refractivity contribution >= 4 is 41.3 Å². The zero-order valence-corrected chi connectivity index (χ0v) is 18.1. The van der Waals surface area contributed by atoms with Crippen molar-refractivity contribution in [2.45, 2.75) is 19.9 Å². The van der Waals surface area contributed by atoms with Gasteiger partial charge in [0.2, 0.25) is 17.8 Å². The normalized spacial score (nSPS) is 22.6. The number of amidine groups is 1. The van der Waals surface area contributed by atoms with Gasteiger partial charge in [-0.1, -0.05) is 11.9 Å². The molecule has 11 nitrogen and oxygen atoms in total. The van der Waals surface area contributed by atoms with Gasteiger partial charge in [0, 0.05) is 13.0 Å². The largest absolute Gasteiger partial charge is 0.462 e. The Morgan fingerprint density at radius 1 is 1.25 bits per heavy atom. The molecule has 1 aromatic carbocycles. The van der Waals surface area contributed by atoms with Crippen LogP contribution in [0.4, 0.5) is 10.5 Å². The standard InChI is InChI=1S/C21H24N6O5/c1-4-32-19(30)13-5-7-14(8-6-13)25-9-12(2)10-26-16-17(23-20(25)26)24(3)21(31)27(18(16)29)11-15(22)28/h5-8,12,16H,4,9-11H2,1-3H3,(H-,22,28)/p+1. The van der Waals surface area contributed by atoms with Gasteiger partial charge in [0.1, 0.15) is 12.2 Å². The van der Waals surface area contributed by atoms with Crippen LogP contribution < -0.4 is 10.6 Å². The molecule has 2 unspecified atom stereocenters. The summed E-state index contributed by atoms with van der Waals surface area (Å²) in [6, 6.07) is 5.52. The molecule has 4 rings (SSSR count). The fourth-order valence-electron chi connectivity index (χ4n) is 4.21. The maximum absolute atomic E-state index is 13.1. The number of amides is 4. The van der Waals surface area contributed by atoms with Crippen molar-refractivity contribution in [1.29, 1.82) is 0 Å². The molecule has 3 heterocycles. The number of likely N-dealkylation sites (N-methyl/N-ethyl adjacent to an activating group) is 1. The van der Waals surface area contributed by atoms with Crippen molar-refractivity contribution in [3.63, 3.8) is 0 Å². The smallest absolute Gasteiger partial charge is 0.397 e. The van der Waals surface area contributed by atoms with Gasteiger partial charge in [-0.05, 0) is 31.2 Å². The van der Waals surface area contributed by atoms with Gasteiger partial charge in [0.05, 0.1) is 25.3 Å². The summed E-state index contributed by atoms with van der Waals surface area (Å²) < 4.78 is 6.88. The molecule has 0 aliphatic carbocycles. The van der Waals surface area contributed by atoms with Crippen LogP contribution in [0, 0.1) is 5.92 Å². The summed E-state index contributed by atoms with van der Waals surface area (Å²) in [5.41, 5.74) is 6.48. The fraction of sp³-hybridized carbons (Fsp3) is 0.429. The van der Waals surface area contributed by atoms with Crippen LogP contribution >= 0.6 is 0 Å². The van der Waals surface area contributed by atoms with Gasteiger partial charge >= 0.3 is 18.0 Å². The Labute approximate surface area is 184 Å². The molecule has 0 bridgehead atoms. The number of nitrogens with two attached hydrogens (primary N) is 1. The first-order chi connectivity index (χ1) is 15.2. The van der Waals surface area contributed by atoms with Crippen molar-refractivity contribution in [2.75, 3.05) is 38.2 Å². The first kappa shape index (κ1) is 21.5. The van der Waals surface area contributed by atoms with Crippen LogP contribution in [0.3, 0.4) is 0 Å². The van der Waals surface area contributed by atoms with Gasteiger partial charge < -0.3 is 10.5 Å². The Bertz CT molecular complexity index is 1060. The fourth-order valence-corrected chi connectivity index (χ4v) is 4.21. The second-order valence-corrected chi connectivity index (χ2v) is 8.04. The number of anilines is 1. The van der Waals surface area contributed by atoms with Crippen LogP contribution in [0.5, 0.6) is 0 Å². The summed E-state index contributed by atoms with van der Waals surface area (Å²) in [4.78, 5) is 57.9. The minimum Gasteiger partial charge on any atom is -0.462 e. The zero-order chi connectivity index (χ0) is 23.2. The van der Waals surface area contributed by atoms with Crippen LogP contribution in [0.2, 0.25) is 0 Å². The summed E-state index contributed by atoms with van der Waals surface area (Å²) in [5, 5.41) is 0. The van der Waals surface area contributed by atoms with E-state index in [0.29, 0.717) is 37.1 Å². The summed E-state index contributed by atoms with van der Waals surface area (Å²) >= 11 is 0. The molecule has 11 heteroatoms. The molecular weight excluding hydrogens is 416 g/mol. The Balaban J connectivity index is 1.70. The third-order valence-electron chi connectivity index (χ3n) is 5.64. The van der Waals surface area contributed by atoms with E-state index < -0.39 is 36.4 Å². The number of fused-ring (bicyclic) bond motifs is 2. The van der Waals surface area contributed by atoms with Crippen LogP contribution in [0.1, 0.15) is 24.2 Å². The maximum Gasteiger partial charge on any atom is 0.397 e. The van der Waals surface area contributed by atoms with Gasteiger partial charge in [0.15, 0.2) is 0 Å². The maximum atomic E-state index is 13.1. The number of nitrogens with zero attached hydrogens (tertiary/aromatic N) is 5. The molecule has 168 valence electrons. The second kappa shape index (κ2) is 8.06. The molecule has 4 amide bonds. The summed E-state index contributed by atoms with van der Waals surface area (Å²) in [6.07, 6.45) is 0. The summed E-state index contributed by atoms with van der Waals surface area (Å²) in [7, 11) is 1.52. The third kappa shape index (κ3) is 3.49. The Morgan fingerprint density at radius 3 is 2.56 bits per heavy atom. The number of imide groups is 1. The molecule has 0 aromatic heterocycles. The Kier molecular flexibility index (Phi) is 5.41. The van der Waals surface area contributed by atoms with Crippen LogP contribution in [-0.4, -0.2) is 89.3 Å². The molecule has 32 heavy (non-hydrogen) atoms. The van der Waals surface area contributed by atoms with Crippen molar-refractivity contribution < 1.29 is 28.5 Å². The number of hydrogen-bond donors (Lipinski definition) is 1. The molecule has 3 aliphatic heterocycles. The van der Waals surface area contributed by atoms with Crippen molar-refractivity contribution in [3.05, 3.63) is 29.8 Å². The number of urea groups is 1. The van der Waals surface area contributed by atoms with Gasteiger partial charge in [-0.3, -0.25) is 19.4 Å². The van der Waals surface area contributed by atoms with Gasteiger partial charge in [-0.15, -0.1) is 0 Å². The number of carbonyl (C=O) groups is 4. The van der Waals surface area contributed by atoms with Gasteiger partial charge in [0.25, 0.3) is 5.91 Å². The lowest BCUT2D eigenvalue weighted by Gasteiger charge is -2.34. The SMILES string of the molecule is CCOC(=O)c1ccc(N2CC(C)C[N+]3=C2N=C2C3C(=O)N(CC(N)=O)C(=O)N2C)cc1. The van der Waals surface area contributed by atoms with Crippen LogP contribution in [0.25, 0.3) is 0 Å². The number of carbonyl (C=O) groups excluding carboxylic acids is 4. The van der Waals surface area contributed by atoms with Crippen molar-refractivity contribution in [3.8, 4) is 0 Å². The van der Waals surface area contributed by atoms with Crippen molar-refractivity contribution in [1.82, 2.24) is 9.80 Å². The first-order valence-electron chi connectivity index (χ1n) is 10.4. The first-order valence-corrected chi connectivity index (χ1v) is 10.4. The number of aliphatic imine (C=N–C) groups is 1. The van der Waals surface area contributed by atoms with E-state index in [0.717, 1.165) is 10.6 Å². The zero-order valence-electron chi connectivity index (χ0n) is 18.1. The van der Waals surface area contributed by atoms with Gasteiger partial charge in [-0.2, -0.15) is 0 Å². The van der Waals surface area contributed by atoms with E-state index in [1.165, 1.54) is 11.9 Å². The number of benzene rings is 1. The predicted molar refractivity (Wildman–Crippen MR) is 114 cm³/mol. The lowest BCUT2D eigenvalue weighted by Crippen LogP contribution is -2.64. The number of esters is 1. The predicted octanol–water partition coefficient (Wildman–Crippen LogP) is -0.152. The number of guanidine groups is 1. The lowest BCUT2D eigenvalue weighted by atomic mass is 10.1. The van der Waals surface area contributed by atoms with E-state index in [1.807, 2.05) is 9.48 Å². The topological polar surface area (TPSA) is 129 Å². The van der Waals surface area contributed by atoms with E-state index in [4.69, 9.17) is 10.5 Å². The average Bonchev–Trinajstić information content (AvgIpc) is 3.14. The van der Waals surface area contributed by atoms with Crippen molar-refractivity contribution in [2.24, 2.45) is 16.6 Å². The molecule has 0 radical (unpaired) electrons. The van der Waals surface area contributed by atoms with E-state index in [1.54, 1.807) is 31.2 Å². The Hall–Kier alpha value is -3.76. The molecule has 1 fully saturated rings. The molecular formula is C21H25N6O5+. The van der Waals surface area contributed by atoms with E-state index in [-0.39, 0.29) is 5.92 Å². The molecule has 2 N–H and O–H groups in total. The molecule has 1 saturated heterocycles. The highest BCUT2D eigenvalue weighted by molar-refractivity contribution is 6.24. The van der Waals surface area contributed by atoms with E-state index >= 15 is 0 Å². The highest BCUT2D eigenvalue weighted by Crippen LogP contribution is 2.28. The van der Waals surface area contributed by atoms with E-state index in [2.05, 4.69) is 11.9 Å². The number of primary amides is 1. The summed E-state index contributed by atoms with van der Waals surface area (Å²) in [6.45, 7) is 4.82. The second-order valence-electron chi connectivity index (χ2n) is 8.04. The number of rotatable bonds is 5. The third-order valence-corrected chi connectivity index (χ3v) is 5.64. The minimum atomic E-state index is -0.809. The molecule has 1 aromatic rings. The minimum absolute atomic E-state index is 0.179.